The highest BCUT2D eigenvalue weighted by Gasteiger charge is 2.46. The lowest BCUT2D eigenvalue weighted by molar-refractivity contribution is 0.590. The monoisotopic (exact) mass is 1430 g/mol. The van der Waals surface area contributed by atoms with E-state index in [1.165, 1.54) is 0 Å². The second-order valence-electron chi connectivity index (χ2n) is 34.6. The van der Waals surface area contributed by atoms with Crippen molar-refractivity contribution in [2.75, 3.05) is 9.80 Å². The number of hydrogen-bond donors (Lipinski definition) is 0. The summed E-state index contributed by atoms with van der Waals surface area (Å²) >= 11 is 0. The quantitative estimate of drug-likeness (QED) is 0.134. The molecule has 4 heterocycles. The Bertz CT molecular complexity index is 6570. The molecule has 0 radical (unpaired) electrons. The third-order valence-electron chi connectivity index (χ3n) is 22.5. The number of fused-ring (bicyclic) bond motifs is 10. The molecule has 2 aliphatic heterocycles. The van der Waals surface area contributed by atoms with E-state index in [2.05, 4.69) is 284 Å². The molecule has 5 heteroatoms. The predicted octanol–water partition coefficient (Wildman–Crippen LogP) is 26.8. The van der Waals surface area contributed by atoms with Crippen molar-refractivity contribution in [2.24, 2.45) is 0 Å². The Morgan fingerprint density at radius 2 is 0.514 bits per heavy atom. The van der Waals surface area contributed by atoms with Gasteiger partial charge in [-0.05, 0) is 165 Å². The average molecular weight is 1430 g/mol. The lowest BCUT2D eigenvalue weighted by atomic mass is 9.33. The van der Waals surface area contributed by atoms with Gasteiger partial charge in [0.25, 0.3) is 6.71 Å². The normalized spacial score (nSPS) is 15.3. The molecule has 0 unspecified atom stereocenters. The molecule has 14 aromatic carbocycles. The van der Waals surface area contributed by atoms with Gasteiger partial charge in [0.05, 0.1) is 55.4 Å². The fourth-order valence-corrected chi connectivity index (χ4v) is 16.5. The van der Waals surface area contributed by atoms with Gasteiger partial charge in [-0.25, -0.2) is 0 Å². The van der Waals surface area contributed by atoms with Crippen LogP contribution in [0.25, 0.3) is 111 Å². The first-order valence-electron chi connectivity index (χ1n) is 45.8. The van der Waals surface area contributed by atoms with Crippen LogP contribution in [0.3, 0.4) is 0 Å². The maximum atomic E-state index is 9.96. The van der Waals surface area contributed by atoms with Crippen molar-refractivity contribution in [3.05, 3.63) is 331 Å². The first-order valence-corrected chi connectivity index (χ1v) is 37.8. The second kappa shape index (κ2) is 25.5. The van der Waals surface area contributed by atoms with Crippen molar-refractivity contribution in [1.82, 2.24) is 9.13 Å². The van der Waals surface area contributed by atoms with Gasteiger partial charge >= 0.3 is 0 Å². The van der Waals surface area contributed by atoms with Crippen LogP contribution in [0, 0.1) is 0 Å². The predicted molar refractivity (Wildman–Crippen MR) is 470 cm³/mol. The lowest BCUT2D eigenvalue weighted by Gasteiger charge is -2.46. The van der Waals surface area contributed by atoms with Crippen molar-refractivity contribution < 1.29 is 21.9 Å². The molecule has 0 amide bonds. The zero-order valence-electron chi connectivity index (χ0n) is 80.5. The molecule has 16 aromatic rings. The molecular formula is C104H95BN4. The van der Waals surface area contributed by atoms with E-state index < -0.39 is 103 Å². The van der Waals surface area contributed by atoms with Crippen LogP contribution in [0.15, 0.2) is 303 Å². The van der Waals surface area contributed by atoms with E-state index in [0.717, 1.165) is 123 Å². The summed E-state index contributed by atoms with van der Waals surface area (Å²) in [7, 11) is 0. The molecule has 0 atom stereocenters. The number of para-hydroxylation sites is 6. The van der Waals surface area contributed by atoms with Gasteiger partial charge in [0.15, 0.2) is 0 Å². The van der Waals surface area contributed by atoms with Crippen LogP contribution < -0.4 is 26.2 Å². The summed E-state index contributed by atoms with van der Waals surface area (Å²) in [6.07, 6.45) is 0. The number of anilines is 6. The summed E-state index contributed by atoms with van der Waals surface area (Å²) in [5.74, 6) is 0. The summed E-state index contributed by atoms with van der Waals surface area (Å²) in [4.78, 5) is 4.69. The SMILES string of the molecule is [2H]c1c([2H])c([2H])c2c(c1[2H])c1c([2H])c([2H])c([2H])c([2H])c1n2-c1ccc2c(c1)N(c1c(-c3ccc(C(C)(C)C)cc3)cccc1-c1ccc(C(C)(C)C)cc1)c1cc(-c3ccc(C(C)(C)C)cc3)cc3c1B2c1ccc(-n2c4c([2H])c([2H])c([2H])c([2H])c4c4c([2H])c([2H])c([2H])c([2H])c42)cc1N3c1c(-c2ccc(C(C)(C)C)cc2)cccc1-c1ccc(C(C)(C)C)cc1. The van der Waals surface area contributed by atoms with Crippen LogP contribution in [-0.4, -0.2) is 15.8 Å². The molecule has 534 valence electrons. The summed E-state index contributed by atoms with van der Waals surface area (Å²) < 4.78 is 156. The van der Waals surface area contributed by atoms with E-state index >= 15 is 0 Å². The van der Waals surface area contributed by atoms with Gasteiger partial charge in [0.1, 0.15) is 0 Å². The third kappa shape index (κ3) is 11.7. The molecular weight excluding hydrogens is 1320 g/mol. The van der Waals surface area contributed by atoms with E-state index in [4.69, 9.17) is 5.48 Å². The highest BCUT2D eigenvalue weighted by molar-refractivity contribution is 7.00. The standard InChI is InChI=1S/C104H95BN4/c1-100(2,3)72-48-38-66(39-49-72)71-62-95-97-96(63-71)109(99-81(69-44-54-75(55-45-69)103(10,11)12)32-25-33-82(99)70-46-56-76(57-47-70)104(13,14)15)94-65-78(107-91-36-22-18-28-85(91)86-29-19-23-37-92(86)107)59-61-88(94)105(97)87-60-58-77(106-89-34-20-16-26-83(89)84-27-17-21-35-90(84)106)64-93(87)108(95)98-79(67-40-50-73(51-41-67)101(4,5)6)30-24-31-80(98)68-42-52-74(53-43-68)102(7,8)9/h16-65H,1-15H3/i16D,17D,18D,19D,20D,21D,22D,23D,26D,27D,28D,29D,34D,35D,36D,37D. The lowest BCUT2D eigenvalue weighted by Crippen LogP contribution is -2.61. The van der Waals surface area contributed by atoms with Gasteiger partial charge < -0.3 is 18.9 Å². The highest BCUT2D eigenvalue weighted by Crippen LogP contribution is 2.55. The number of benzene rings is 14. The van der Waals surface area contributed by atoms with Gasteiger partial charge in [-0.15, -0.1) is 0 Å². The first kappa shape index (κ1) is 53.2. The molecule has 109 heavy (non-hydrogen) atoms. The van der Waals surface area contributed by atoms with E-state index in [1.807, 2.05) is 36.4 Å². The highest BCUT2D eigenvalue weighted by atomic mass is 15.2. The molecule has 0 saturated carbocycles. The Labute approximate surface area is 667 Å². The number of rotatable bonds is 9. The zero-order valence-corrected chi connectivity index (χ0v) is 64.5. The summed E-state index contributed by atoms with van der Waals surface area (Å²) in [5.41, 5.74) is 19.9. The average Bonchev–Trinajstić information content (AvgIpc) is 1.05. The van der Waals surface area contributed by atoms with Crippen LogP contribution in [0.2, 0.25) is 0 Å². The molecule has 0 saturated heterocycles. The van der Waals surface area contributed by atoms with E-state index in [1.54, 1.807) is 9.13 Å². The van der Waals surface area contributed by atoms with E-state index in [9.17, 15) is 16.4 Å². The Kier molecular flexibility index (Phi) is 12.4. The van der Waals surface area contributed by atoms with Crippen molar-refractivity contribution in [2.45, 2.75) is 131 Å². The molecule has 0 fully saturated rings. The first-order chi connectivity index (χ1) is 58.9. The Hall–Kier alpha value is -11.7. The zero-order chi connectivity index (χ0) is 89.3. The van der Waals surface area contributed by atoms with Gasteiger partial charge in [-0.1, -0.05) is 346 Å². The summed E-state index contributed by atoms with van der Waals surface area (Å²) in [6, 6.07) is 64.6. The van der Waals surface area contributed by atoms with Crippen LogP contribution in [0.1, 0.15) is 154 Å². The molecule has 0 N–H and O–H groups in total. The number of nitrogens with zero attached hydrogens (tertiary/aromatic N) is 4. The largest absolute Gasteiger partial charge is 0.310 e. The van der Waals surface area contributed by atoms with Crippen LogP contribution in [0.5, 0.6) is 0 Å². The smallest absolute Gasteiger partial charge is 0.252 e. The van der Waals surface area contributed by atoms with Crippen molar-refractivity contribution in [3.63, 3.8) is 0 Å². The number of hydrogen-bond acceptors (Lipinski definition) is 2. The topological polar surface area (TPSA) is 16.3 Å². The molecule has 4 nitrogen and oxygen atoms in total. The van der Waals surface area contributed by atoms with Crippen LogP contribution in [0.4, 0.5) is 34.1 Å². The maximum absolute atomic E-state index is 9.96. The van der Waals surface area contributed by atoms with Crippen molar-refractivity contribution >= 4 is 101 Å². The van der Waals surface area contributed by atoms with Crippen molar-refractivity contribution in [3.8, 4) is 67.0 Å². The third-order valence-corrected chi connectivity index (χ3v) is 22.5. The number of aromatic nitrogens is 2. The van der Waals surface area contributed by atoms with Gasteiger partial charge in [-0.2, -0.15) is 0 Å². The van der Waals surface area contributed by atoms with Crippen molar-refractivity contribution in [1.29, 1.82) is 0 Å². The maximum Gasteiger partial charge on any atom is 0.252 e. The summed E-state index contributed by atoms with van der Waals surface area (Å²) in [5, 5.41) is -0.292. The Morgan fingerprint density at radius 3 is 0.780 bits per heavy atom. The van der Waals surface area contributed by atoms with Crippen LogP contribution in [-0.2, 0) is 27.1 Å². The summed E-state index contributed by atoms with van der Waals surface area (Å²) in [6.45, 7) is 32.1. The molecule has 0 aliphatic carbocycles. The van der Waals surface area contributed by atoms with E-state index in [0.29, 0.717) is 22.7 Å². The molecule has 2 aliphatic rings. The van der Waals surface area contributed by atoms with Gasteiger partial charge in [0.2, 0.25) is 0 Å². The minimum Gasteiger partial charge on any atom is -0.310 e. The molecule has 18 rings (SSSR count). The van der Waals surface area contributed by atoms with Crippen LogP contribution >= 0.6 is 0 Å². The fourth-order valence-electron chi connectivity index (χ4n) is 16.5. The second-order valence-corrected chi connectivity index (χ2v) is 34.6. The minimum atomic E-state index is -0.793. The van der Waals surface area contributed by atoms with E-state index in [-0.39, 0.29) is 70.7 Å². The minimum absolute atomic E-state index is 0.0514. The van der Waals surface area contributed by atoms with Gasteiger partial charge in [-0.3, -0.25) is 0 Å². The Morgan fingerprint density at radius 1 is 0.257 bits per heavy atom. The fraction of sp³-hybridized carbons (Fsp3) is 0.192. The molecule has 2 aromatic heterocycles. The van der Waals surface area contributed by atoms with Gasteiger partial charge in [0, 0.05) is 77.9 Å². The Balaban J connectivity index is 1.07. The molecule has 0 bridgehead atoms. The molecule has 0 spiro atoms.